The van der Waals surface area contributed by atoms with E-state index >= 15 is 0 Å². The van der Waals surface area contributed by atoms with Crippen LogP contribution in [0.2, 0.25) is 0 Å². The van der Waals surface area contributed by atoms with Crippen molar-refractivity contribution in [1.29, 1.82) is 0 Å². The van der Waals surface area contributed by atoms with Crippen molar-refractivity contribution >= 4 is 5.91 Å². The van der Waals surface area contributed by atoms with Crippen LogP contribution >= 0.6 is 0 Å². The first kappa shape index (κ1) is 17.9. The number of carbonyl (C=O) groups is 1. The molecule has 0 bridgehead atoms. The molecular weight excluding hydrogens is 332 g/mol. The SMILES string of the molecule is Cn1c(CN2CCC(O)CC2)nnc1[C@H]1CCCN(C(=O)C2CNC2)C1. The molecule has 3 aliphatic rings. The summed E-state index contributed by atoms with van der Waals surface area (Å²) in [7, 11) is 2.04. The van der Waals surface area contributed by atoms with Crippen molar-refractivity contribution in [3.8, 4) is 0 Å². The van der Waals surface area contributed by atoms with Gasteiger partial charge in [0.1, 0.15) is 11.6 Å². The second kappa shape index (κ2) is 7.62. The first-order valence-corrected chi connectivity index (χ1v) is 9.90. The molecular formula is C18H30N6O2. The molecule has 0 radical (unpaired) electrons. The summed E-state index contributed by atoms with van der Waals surface area (Å²) in [4.78, 5) is 16.9. The molecule has 3 fully saturated rings. The zero-order valence-electron chi connectivity index (χ0n) is 15.6. The maximum atomic E-state index is 12.6. The Balaban J connectivity index is 1.39. The molecule has 0 unspecified atom stereocenters. The molecule has 4 heterocycles. The summed E-state index contributed by atoms with van der Waals surface area (Å²) in [5, 5.41) is 21.8. The predicted molar refractivity (Wildman–Crippen MR) is 96.4 cm³/mol. The van der Waals surface area contributed by atoms with E-state index in [0.717, 1.165) is 83.1 Å². The van der Waals surface area contributed by atoms with E-state index in [9.17, 15) is 9.90 Å². The molecule has 1 aromatic heterocycles. The van der Waals surface area contributed by atoms with Crippen LogP contribution in [0.25, 0.3) is 0 Å². The summed E-state index contributed by atoms with van der Waals surface area (Å²) in [6.45, 7) is 5.86. The minimum absolute atomic E-state index is 0.155. The molecule has 3 saturated heterocycles. The van der Waals surface area contributed by atoms with Gasteiger partial charge in [-0.05, 0) is 25.7 Å². The van der Waals surface area contributed by atoms with Gasteiger partial charge in [0.15, 0.2) is 0 Å². The first-order valence-electron chi connectivity index (χ1n) is 9.90. The standard InChI is InChI=1S/C18H30N6O2/c1-22-16(12-23-7-4-15(25)5-8-23)20-21-17(22)13-3-2-6-24(11-13)18(26)14-9-19-10-14/h13-15,19,25H,2-12H2,1H3/t13-/m0/s1. The zero-order chi connectivity index (χ0) is 18.1. The number of likely N-dealkylation sites (tertiary alicyclic amines) is 2. The third-order valence-corrected chi connectivity index (χ3v) is 6.15. The lowest BCUT2D eigenvalue weighted by Gasteiger charge is -2.37. The average Bonchev–Trinajstić information content (AvgIpc) is 2.96. The molecule has 1 amide bonds. The van der Waals surface area contributed by atoms with Gasteiger partial charge in [0.2, 0.25) is 5.91 Å². The molecule has 3 aliphatic heterocycles. The molecule has 144 valence electrons. The number of carbonyl (C=O) groups excluding carboxylic acids is 1. The van der Waals surface area contributed by atoms with Crippen LogP contribution in [-0.2, 0) is 18.4 Å². The summed E-state index contributed by atoms with van der Waals surface area (Å²) in [6.07, 6.45) is 3.61. The number of aliphatic hydroxyl groups is 1. The molecule has 1 atom stereocenters. The van der Waals surface area contributed by atoms with Crippen molar-refractivity contribution < 1.29 is 9.90 Å². The van der Waals surface area contributed by atoms with E-state index < -0.39 is 0 Å². The fourth-order valence-corrected chi connectivity index (χ4v) is 4.26. The lowest BCUT2D eigenvalue weighted by Crippen LogP contribution is -2.53. The number of aromatic nitrogens is 3. The smallest absolute Gasteiger partial charge is 0.228 e. The Morgan fingerprint density at radius 1 is 1.19 bits per heavy atom. The van der Waals surface area contributed by atoms with Crippen LogP contribution in [0, 0.1) is 5.92 Å². The molecule has 2 N–H and O–H groups in total. The van der Waals surface area contributed by atoms with E-state index in [0.29, 0.717) is 5.91 Å². The largest absolute Gasteiger partial charge is 0.393 e. The fourth-order valence-electron chi connectivity index (χ4n) is 4.26. The van der Waals surface area contributed by atoms with Crippen LogP contribution in [0.1, 0.15) is 43.3 Å². The summed E-state index contributed by atoms with van der Waals surface area (Å²) >= 11 is 0. The van der Waals surface area contributed by atoms with Gasteiger partial charge in [0.05, 0.1) is 18.6 Å². The number of piperidine rings is 2. The van der Waals surface area contributed by atoms with Crippen molar-refractivity contribution in [2.75, 3.05) is 39.3 Å². The zero-order valence-corrected chi connectivity index (χ0v) is 15.6. The van der Waals surface area contributed by atoms with Crippen LogP contribution in [0.4, 0.5) is 0 Å². The van der Waals surface area contributed by atoms with Gasteiger partial charge in [0, 0.05) is 52.2 Å². The van der Waals surface area contributed by atoms with Gasteiger partial charge in [-0.15, -0.1) is 10.2 Å². The topological polar surface area (TPSA) is 86.5 Å². The van der Waals surface area contributed by atoms with Crippen LogP contribution in [0.15, 0.2) is 0 Å². The normalized spacial score (nSPS) is 26.1. The summed E-state index contributed by atoms with van der Waals surface area (Å²) in [5.41, 5.74) is 0. The number of nitrogens with one attached hydrogen (secondary N) is 1. The van der Waals surface area contributed by atoms with Crippen LogP contribution in [-0.4, -0.2) is 81.0 Å². The second-order valence-corrected chi connectivity index (χ2v) is 8.02. The Morgan fingerprint density at radius 3 is 2.65 bits per heavy atom. The Labute approximate surface area is 154 Å². The van der Waals surface area contributed by atoms with Gasteiger partial charge < -0.3 is 19.9 Å². The van der Waals surface area contributed by atoms with Crippen molar-refractivity contribution in [1.82, 2.24) is 29.9 Å². The highest BCUT2D eigenvalue weighted by molar-refractivity contribution is 5.80. The maximum absolute atomic E-state index is 12.6. The van der Waals surface area contributed by atoms with Crippen molar-refractivity contribution in [3.05, 3.63) is 11.6 Å². The molecule has 0 aliphatic carbocycles. The maximum Gasteiger partial charge on any atom is 0.228 e. The number of nitrogens with zero attached hydrogens (tertiary/aromatic N) is 5. The fraction of sp³-hybridized carbons (Fsp3) is 0.833. The van der Waals surface area contributed by atoms with Gasteiger partial charge in [-0.25, -0.2) is 0 Å². The number of amides is 1. The molecule has 0 spiro atoms. The first-order chi connectivity index (χ1) is 12.6. The minimum atomic E-state index is -0.155. The number of rotatable bonds is 4. The van der Waals surface area contributed by atoms with Gasteiger partial charge in [0.25, 0.3) is 0 Å². The number of hydrogen-bond acceptors (Lipinski definition) is 6. The van der Waals surface area contributed by atoms with Gasteiger partial charge >= 0.3 is 0 Å². The highest BCUT2D eigenvalue weighted by Crippen LogP contribution is 2.27. The lowest BCUT2D eigenvalue weighted by atomic mass is 9.94. The van der Waals surface area contributed by atoms with E-state index in [2.05, 4.69) is 25.0 Å². The molecule has 4 rings (SSSR count). The lowest BCUT2D eigenvalue weighted by molar-refractivity contribution is -0.138. The van der Waals surface area contributed by atoms with Gasteiger partial charge in [-0.2, -0.15) is 0 Å². The van der Waals surface area contributed by atoms with E-state index in [-0.39, 0.29) is 17.9 Å². The van der Waals surface area contributed by atoms with Crippen molar-refractivity contribution in [2.45, 2.75) is 44.2 Å². The van der Waals surface area contributed by atoms with E-state index in [1.165, 1.54) is 0 Å². The Bertz CT molecular complexity index is 636. The Morgan fingerprint density at radius 2 is 1.96 bits per heavy atom. The number of aliphatic hydroxyl groups excluding tert-OH is 1. The third kappa shape index (κ3) is 3.63. The minimum Gasteiger partial charge on any atom is -0.393 e. The van der Waals surface area contributed by atoms with E-state index in [1.807, 2.05) is 11.9 Å². The van der Waals surface area contributed by atoms with Crippen LogP contribution in [0.5, 0.6) is 0 Å². The molecule has 0 saturated carbocycles. The van der Waals surface area contributed by atoms with E-state index in [4.69, 9.17) is 0 Å². The highest BCUT2D eigenvalue weighted by atomic mass is 16.3. The summed E-state index contributed by atoms with van der Waals surface area (Å²) < 4.78 is 2.12. The Hall–Kier alpha value is -1.51. The molecule has 8 heteroatoms. The quantitative estimate of drug-likeness (QED) is 0.765. The van der Waals surface area contributed by atoms with Crippen molar-refractivity contribution in [2.24, 2.45) is 13.0 Å². The summed E-state index contributed by atoms with van der Waals surface area (Å²) in [6, 6.07) is 0. The molecule has 8 nitrogen and oxygen atoms in total. The van der Waals surface area contributed by atoms with Gasteiger partial charge in [-0.1, -0.05) is 0 Å². The van der Waals surface area contributed by atoms with E-state index in [1.54, 1.807) is 0 Å². The third-order valence-electron chi connectivity index (χ3n) is 6.15. The van der Waals surface area contributed by atoms with Gasteiger partial charge in [-0.3, -0.25) is 9.69 Å². The molecule has 26 heavy (non-hydrogen) atoms. The summed E-state index contributed by atoms with van der Waals surface area (Å²) in [5.74, 6) is 2.71. The second-order valence-electron chi connectivity index (χ2n) is 8.02. The molecule has 1 aromatic rings. The monoisotopic (exact) mass is 362 g/mol. The Kier molecular flexibility index (Phi) is 5.24. The van der Waals surface area contributed by atoms with Crippen LogP contribution < -0.4 is 5.32 Å². The highest BCUT2D eigenvalue weighted by Gasteiger charge is 2.34. The average molecular weight is 362 g/mol. The molecule has 0 aromatic carbocycles. The van der Waals surface area contributed by atoms with Crippen LogP contribution in [0.3, 0.4) is 0 Å². The van der Waals surface area contributed by atoms with Crippen molar-refractivity contribution in [3.63, 3.8) is 0 Å². The number of hydrogen-bond donors (Lipinski definition) is 2. The predicted octanol–water partition coefficient (Wildman–Crippen LogP) is -0.303.